The quantitative estimate of drug-likeness (QED) is 0.195. The zero-order valence-corrected chi connectivity index (χ0v) is 18.6. The topological polar surface area (TPSA) is 43.1 Å². The molecular formula is C23H47NOS. The van der Waals surface area contributed by atoms with Crippen LogP contribution in [0, 0.1) is 0 Å². The zero-order chi connectivity index (χ0) is 19.1. The summed E-state index contributed by atoms with van der Waals surface area (Å²) in [5, 5.41) is 0. The molecule has 0 heterocycles. The molecule has 0 aromatic carbocycles. The summed E-state index contributed by atoms with van der Waals surface area (Å²) in [6.07, 6.45) is 25.2. The summed E-state index contributed by atoms with van der Waals surface area (Å²) in [6.45, 7) is 2.29. The molecule has 0 unspecified atom stereocenters. The van der Waals surface area contributed by atoms with Crippen LogP contribution in [0.3, 0.4) is 0 Å². The van der Waals surface area contributed by atoms with Gasteiger partial charge >= 0.3 is 0 Å². The first-order valence-corrected chi connectivity index (χ1v) is 12.8. The van der Waals surface area contributed by atoms with Crippen molar-refractivity contribution in [2.24, 2.45) is 5.73 Å². The third kappa shape index (κ3) is 23.8. The van der Waals surface area contributed by atoms with Crippen LogP contribution >= 0.6 is 11.8 Å². The standard InChI is InChI=1S/C23H47NOS/c1-2-3-4-5-6-7-9-12-15-18-21-26-22-19-16-13-10-8-11-14-17-20-23(24)25/h2-22H2,1H3,(H2,24,25). The number of primary amides is 1. The Labute approximate surface area is 168 Å². The summed E-state index contributed by atoms with van der Waals surface area (Å²) in [6, 6.07) is 0. The van der Waals surface area contributed by atoms with Gasteiger partial charge in [0.15, 0.2) is 0 Å². The van der Waals surface area contributed by atoms with Crippen molar-refractivity contribution in [3.05, 3.63) is 0 Å². The lowest BCUT2D eigenvalue weighted by atomic mass is 10.1. The van der Waals surface area contributed by atoms with Crippen LogP contribution in [0.1, 0.15) is 129 Å². The monoisotopic (exact) mass is 385 g/mol. The van der Waals surface area contributed by atoms with Gasteiger partial charge in [0.25, 0.3) is 0 Å². The Kier molecular flexibility index (Phi) is 22.7. The summed E-state index contributed by atoms with van der Waals surface area (Å²) in [4.78, 5) is 10.6. The maximum absolute atomic E-state index is 10.6. The van der Waals surface area contributed by atoms with Crippen molar-refractivity contribution in [3.8, 4) is 0 Å². The Bertz CT molecular complexity index is 283. The van der Waals surface area contributed by atoms with E-state index in [1.54, 1.807) is 0 Å². The van der Waals surface area contributed by atoms with Crippen molar-refractivity contribution in [2.45, 2.75) is 129 Å². The fourth-order valence-electron chi connectivity index (χ4n) is 3.36. The first-order valence-electron chi connectivity index (χ1n) is 11.6. The smallest absolute Gasteiger partial charge is 0.217 e. The van der Waals surface area contributed by atoms with Gasteiger partial charge in [-0.2, -0.15) is 11.8 Å². The highest BCUT2D eigenvalue weighted by atomic mass is 32.2. The van der Waals surface area contributed by atoms with E-state index in [0.717, 1.165) is 12.8 Å². The maximum atomic E-state index is 10.6. The minimum Gasteiger partial charge on any atom is -0.370 e. The van der Waals surface area contributed by atoms with E-state index < -0.39 is 0 Å². The minimum absolute atomic E-state index is 0.152. The van der Waals surface area contributed by atoms with Gasteiger partial charge in [0, 0.05) is 6.42 Å². The van der Waals surface area contributed by atoms with Crippen LogP contribution in [-0.4, -0.2) is 17.4 Å². The first-order chi connectivity index (χ1) is 12.8. The van der Waals surface area contributed by atoms with Gasteiger partial charge in [-0.05, 0) is 30.8 Å². The van der Waals surface area contributed by atoms with Crippen molar-refractivity contribution >= 4 is 17.7 Å². The Hall–Kier alpha value is -0.180. The number of hydrogen-bond donors (Lipinski definition) is 1. The molecular weight excluding hydrogens is 338 g/mol. The van der Waals surface area contributed by atoms with Crippen LogP contribution in [0.2, 0.25) is 0 Å². The lowest BCUT2D eigenvalue weighted by Gasteiger charge is -2.04. The van der Waals surface area contributed by atoms with E-state index >= 15 is 0 Å². The fraction of sp³-hybridized carbons (Fsp3) is 0.957. The second-order valence-electron chi connectivity index (χ2n) is 7.84. The number of unbranched alkanes of at least 4 members (excludes halogenated alkanes) is 16. The van der Waals surface area contributed by atoms with Gasteiger partial charge in [0.1, 0.15) is 0 Å². The van der Waals surface area contributed by atoms with Gasteiger partial charge in [-0.25, -0.2) is 0 Å². The summed E-state index contributed by atoms with van der Waals surface area (Å²) in [5.74, 6) is 2.58. The summed E-state index contributed by atoms with van der Waals surface area (Å²) >= 11 is 2.16. The van der Waals surface area contributed by atoms with Crippen LogP contribution in [-0.2, 0) is 4.79 Å². The summed E-state index contributed by atoms with van der Waals surface area (Å²) in [5.41, 5.74) is 5.14. The van der Waals surface area contributed by atoms with Crippen LogP contribution < -0.4 is 5.73 Å². The van der Waals surface area contributed by atoms with Gasteiger partial charge in [0.05, 0.1) is 0 Å². The van der Waals surface area contributed by atoms with Gasteiger partial charge in [-0.3, -0.25) is 4.79 Å². The molecule has 0 aromatic rings. The molecule has 26 heavy (non-hydrogen) atoms. The number of thioether (sulfide) groups is 1. The number of rotatable bonds is 22. The van der Waals surface area contributed by atoms with E-state index in [9.17, 15) is 4.79 Å². The maximum Gasteiger partial charge on any atom is 0.217 e. The number of carbonyl (C=O) groups excluding carboxylic acids is 1. The van der Waals surface area contributed by atoms with Gasteiger partial charge in [-0.1, -0.05) is 103 Å². The normalized spacial score (nSPS) is 11.1. The summed E-state index contributed by atoms with van der Waals surface area (Å²) in [7, 11) is 0. The molecule has 0 saturated carbocycles. The third-order valence-electron chi connectivity index (χ3n) is 5.10. The van der Waals surface area contributed by atoms with Gasteiger partial charge in [0.2, 0.25) is 5.91 Å². The molecule has 0 atom stereocenters. The second-order valence-corrected chi connectivity index (χ2v) is 9.06. The first kappa shape index (κ1) is 25.8. The van der Waals surface area contributed by atoms with Crippen molar-refractivity contribution in [1.82, 2.24) is 0 Å². The van der Waals surface area contributed by atoms with Crippen LogP contribution in [0.25, 0.3) is 0 Å². The molecule has 0 radical (unpaired) electrons. The minimum atomic E-state index is -0.152. The van der Waals surface area contributed by atoms with E-state index in [1.807, 2.05) is 0 Å². The van der Waals surface area contributed by atoms with Crippen LogP contribution in [0.5, 0.6) is 0 Å². The summed E-state index contributed by atoms with van der Waals surface area (Å²) < 4.78 is 0. The number of hydrogen-bond acceptors (Lipinski definition) is 2. The SMILES string of the molecule is CCCCCCCCCCCCSCCCCCCCCCCC(N)=O. The van der Waals surface area contributed by atoms with Gasteiger partial charge in [-0.15, -0.1) is 0 Å². The van der Waals surface area contributed by atoms with Gasteiger partial charge < -0.3 is 5.73 Å². The average Bonchev–Trinajstić information content (AvgIpc) is 2.62. The molecule has 0 aromatic heterocycles. The molecule has 0 saturated heterocycles. The third-order valence-corrected chi connectivity index (χ3v) is 6.26. The highest BCUT2D eigenvalue weighted by Gasteiger charge is 1.96. The molecule has 2 N–H and O–H groups in total. The van der Waals surface area contributed by atoms with Crippen molar-refractivity contribution in [3.63, 3.8) is 0 Å². The predicted octanol–water partition coefficient (Wildman–Crippen LogP) is 7.64. The second kappa shape index (κ2) is 22.9. The van der Waals surface area contributed by atoms with E-state index in [4.69, 9.17) is 5.73 Å². The fourth-order valence-corrected chi connectivity index (χ4v) is 4.38. The van der Waals surface area contributed by atoms with Crippen molar-refractivity contribution in [2.75, 3.05) is 11.5 Å². The van der Waals surface area contributed by atoms with E-state index in [1.165, 1.54) is 114 Å². The van der Waals surface area contributed by atoms with Crippen molar-refractivity contribution < 1.29 is 4.79 Å². The zero-order valence-electron chi connectivity index (χ0n) is 17.7. The molecule has 0 rings (SSSR count). The highest BCUT2D eigenvalue weighted by molar-refractivity contribution is 7.99. The van der Waals surface area contributed by atoms with E-state index in [2.05, 4.69) is 18.7 Å². The Morgan fingerprint density at radius 3 is 1.31 bits per heavy atom. The lowest BCUT2D eigenvalue weighted by Crippen LogP contribution is -2.09. The number of nitrogens with two attached hydrogens (primary N) is 1. The Morgan fingerprint density at radius 1 is 0.577 bits per heavy atom. The molecule has 3 heteroatoms. The Morgan fingerprint density at radius 2 is 0.923 bits per heavy atom. The Balaban J connectivity index is 2.98. The highest BCUT2D eigenvalue weighted by Crippen LogP contribution is 2.15. The molecule has 0 aliphatic heterocycles. The van der Waals surface area contributed by atoms with Crippen molar-refractivity contribution in [1.29, 1.82) is 0 Å². The molecule has 2 nitrogen and oxygen atoms in total. The molecule has 0 bridgehead atoms. The largest absolute Gasteiger partial charge is 0.370 e. The average molecular weight is 386 g/mol. The lowest BCUT2D eigenvalue weighted by molar-refractivity contribution is -0.118. The molecule has 0 fully saturated rings. The molecule has 0 aliphatic rings. The van der Waals surface area contributed by atoms with E-state index in [0.29, 0.717) is 6.42 Å². The van der Waals surface area contributed by atoms with Crippen LogP contribution in [0.15, 0.2) is 0 Å². The molecule has 156 valence electrons. The molecule has 0 aliphatic carbocycles. The molecule has 1 amide bonds. The van der Waals surface area contributed by atoms with Crippen LogP contribution in [0.4, 0.5) is 0 Å². The number of amides is 1. The predicted molar refractivity (Wildman–Crippen MR) is 120 cm³/mol. The number of carbonyl (C=O) groups is 1. The molecule has 0 spiro atoms. The van der Waals surface area contributed by atoms with E-state index in [-0.39, 0.29) is 5.91 Å².